The Labute approximate surface area is 212 Å². The summed E-state index contributed by atoms with van der Waals surface area (Å²) in [4.78, 5) is 22.2. The number of hydrogen-bond acceptors (Lipinski definition) is 6. The number of benzene rings is 2. The lowest BCUT2D eigenvalue weighted by molar-refractivity contribution is 0.0985. The highest BCUT2D eigenvalue weighted by molar-refractivity contribution is 7.89. The number of halogens is 1. The quantitative estimate of drug-likeness (QED) is 0.410. The second-order valence-corrected chi connectivity index (χ2v) is 11.2. The van der Waals surface area contributed by atoms with Crippen LogP contribution in [0.5, 0.6) is 0 Å². The average Bonchev–Trinajstić information content (AvgIpc) is 3.21. The first-order valence-electron chi connectivity index (χ1n) is 11.0. The maximum Gasteiger partial charge on any atom is 0.260 e. The highest BCUT2D eigenvalue weighted by Crippen LogP contribution is 2.32. The van der Waals surface area contributed by atoms with Crippen molar-refractivity contribution in [1.82, 2.24) is 14.2 Å². The maximum atomic E-state index is 13.5. The predicted octanol–water partition coefficient (Wildman–Crippen LogP) is 4.57. The van der Waals surface area contributed by atoms with E-state index in [4.69, 9.17) is 4.98 Å². The number of amides is 1. The monoisotopic (exact) mass is 524 g/mol. The molecule has 0 saturated heterocycles. The molecule has 3 rings (SSSR count). The van der Waals surface area contributed by atoms with E-state index in [9.17, 15) is 13.2 Å². The van der Waals surface area contributed by atoms with Gasteiger partial charge < -0.3 is 4.90 Å². The van der Waals surface area contributed by atoms with Crippen molar-refractivity contribution in [3.8, 4) is 0 Å². The molecule has 186 valence electrons. The fourth-order valence-electron chi connectivity index (χ4n) is 3.55. The van der Waals surface area contributed by atoms with E-state index in [2.05, 4.69) is 13.0 Å². The standard InChI is InChI=1S/C24H32N4O3S2.ClH/c1-7-27(8-2)33(30,31)20-12-10-19(11-13-20)23(29)28(16-15-26(5)6)24-25-22-18(4)17(3)9-14-21(22)32-24;/h9-14H,7-8,15-16H2,1-6H3;1H. The third-order valence-corrected chi connectivity index (χ3v) is 8.87. The van der Waals surface area contributed by atoms with Gasteiger partial charge in [-0.2, -0.15) is 4.31 Å². The van der Waals surface area contributed by atoms with E-state index in [1.165, 1.54) is 27.8 Å². The minimum Gasteiger partial charge on any atom is -0.308 e. The smallest absolute Gasteiger partial charge is 0.260 e. The lowest BCUT2D eigenvalue weighted by Gasteiger charge is -2.22. The molecule has 34 heavy (non-hydrogen) atoms. The number of sulfonamides is 1. The summed E-state index contributed by atoms with van der Waals surface area (Å²) in [5.74, 6) is -0.197. The molecular formula is C24H33ClN4O3S2. The number of fused-ring (bicyclic) bond motifs is 1. The van der Waals surface area contributed by atoms with E-state index in [0.717, 1.165) is 21.3 Å². The van der Waals surface area contributed by atoms with Crippen LogP contribution in [-0.4, -0.2) is 68.8 Å². The minimum atomic E-state index is -3.57. The highest BCUT2D eigenvalue weighted by Gasteiger charge is 2.25. The molecule has 1 amide bonds. The summed E-state index contributed by atoms with van der Waals surface area (Å²) in [5.41, 5.74) is 3.62. The summed E-state index contributed by atoms with van der Waals surface area (Å²) >= 11 is 1.49. The SMILES string of the molecule is CCN(CC)S(=O)(=O)c1ccc(C(=O)N(CCN(C)C)c2nc3c(C)c(C)ccc3s2)cc1.Cl. The fourth-order valence-corrected chi connectivity index (χ4v) is 6.06. The Balaban J connectivity index is 0.00000408. The van der Waals surface area contributed by atoms with Gasteiger partial charge in [0.2, 0.25) is 10.0 Å². The number of nitrogens with zero attached hydrogens (tertiary/aromatic N) is 4. The van der Waals surface area contributed by atoms with Crippen LogP contribution in [0.3, 0.4) is 0 Å². The van der Waals surface area contributed by atoms with Gasteiger partial charge in [-0.15, -0.1) is 12.4 Å². The van der Waals surface area contributed by atoms with Crippen LogP contribution in [0.15, 0.2) is 41.3 Å². The molecule has 2 aromatic carbocycles. The molecule has 0 saturated carbocycles. The molecule has 0 fully saturated rings. The molecule has 0 aliphatic carbocycles. The highest BCUT2D eigenvalue weighted by atomic mass is 35.5. The van der Waals surface area contributed by atoms with E-state index < -0.39 is 10.0 Å². The Morgan fingerprint density at radius 3 is 2.15 bits per heavy atom. The second kappa shape index (κ2) is 11.6. The van der Waals surface area contributed by atoms with E-state index in [1.54, 1.807) is 17.0 Å². The number of likely N-dealkylation sites (N-methyl/N-ethyl adjacent to an activating group) is 1. The van der Waals surface area contributed by atoms with Crippen LogP contribution in [0.4, 0.5) is 5.13 Å². The molecule has 0 aliphatic rings. The van der Waals surface area contributed by atoms with Crippen molar-refractivity contribution in [1.29, 1.82) is 0 Å². The van der Waals surface area contributed by atoms with Crippen LogP contribution < -0.4 is 4.90 Å². The van der Waals surface area contributed by atoms with Crippen LogP contribution in [-0.2, 0) is 10.0 Å². The van der Waals surface area contributed by atoms with Crippen LogP contribution in [0.1, 0.15) is 35.3 Å². The van der Waals surface area contributed by atoms with Gasteiger partial charge in [-0.05, 0) is 69.4 Å². The van der Waals surface area contributed by atoms with Crippen molar-refractivity contribution in [3.63, 3.8) is 0 Å². The predicted molar refractivity (Wildman–Crippen MR) is 143 cm³/mol. The largest absolute Gasteiger partial charge is 0.308 e. The summed E-state index contributed by atoms with van der Waals surface area (Å²) < 4.78 is 28.0. The molecule has 1 heterocycles. The van der Waals surface area contributed by atoms with E-state index in [0.29, 0.717) is 36.9 Å². The number of rotatable bonds is 9. The Morgan fingerprint density at radius 2 is 1.59 bits per heavy atom. The van der Waals surface area contributed by atoms with E-state index >= 15 is 0 Å². The molecular weight excluding hydrogens is 492 g/mol. The van der Waals surface area contributed by atoms with Crippen molar-refractivity contribution >= 4 is 55.0 Å². The van der Waals surface area contributed by atoms with Gasteiger partial charge in [0.15, 0.2) is 5.13 Å². The summed E-state index contributed by atoms with van der Waals surface area (Å²) in [6, 6.07) is 10.3. The normalized spacial score (nSPS) is 11.8. The van der Waals surface area contributed by atoms with E-state index in [-0.39, 0.29) is 23.2 Å². The lowest BCUT2D eigenvalue weighted by Crippen LogP contribution is -2.36. The molecule has 3 aromatic rings. The van der Waals surface area contributed by atoms with Crippen molar-refractivity contribution < 1.29 is 13.2 Å². The van der Waals surface area contributed by atoms with Gasteiger partial charge in [-0.25, -0.2) is 13.4 Å². The zero-order chi connectivity index (χ0) is 24.3. The van der Waals surface area contributed by atoms with Crippen LogP contribution in [0.25, 0.3) is 10.2 Å². The first-order chi connectivity index (χ1) is 15.6. The first-order valence-corrected chi connectivity index (χ1v) is 13.3. The van der Waals surface area contributed by atoms with Gasteiger partial charge in [-0.3, -0.25) is 9.69 Å². The number of anilines is 1. The number of carbonyl (C=O) groups is 1. The zero-order valence-electron chi connectivity index (χ0n) is 20.5. The maximum absolute atomic E-state index is 13.5. The van der Waals surface area contributed by atoms with Gasteiger partial charge in [0.1, 0.15) is 0 Å². The van der Waals surface area contributed by atoms with Crippen LogP contribution in [0.2, 0.25) is 0 Å². The van der Waals surface area contributed by atoms with E-state index in [1.807, 2.05) is 45.8 Å². The topological polar surface area (TPSA) is 73.8 Å². The molecule has 1 aromatic heterocycles. The molecule has 0 unspecified atom stereocenters. The number of aryl methyl sites for hydroxylation is 2. The summed E-state index contributed by atoms with van der Waals surface area (Å²) in [5, 5.41) is 0.644. The van der Waals surface area contributed by atoms with Gasteiger partial charge >= 0.3 is 0 Å². The molecule has 0 radical (unpaired) electrons. The molecule has 7 nitrogen and oxygen atoms in total. The summed E-state index contributed by atoms with van der Waals surface area (Å²) in [7, 11) is 0.347. The molecule has 0 spiro atoms. The fraction of sp³-hybridized carbons (Fsp3) is 0.417. The van der Waals surface area contributed by atoms with Gasteiger partial charge in [0, 0.05) is 31.7 Å². The van der Waals surface area contributed by atoms with Crippen LogP contribution in [0, 0.1) is 13.8 Å². The number of hydrogen-bond donors (Lipinski definition) is 0. The minimum absolute atomic E-state index is 0. The molecule has 0 N–H and O–H groups in total. The van der Waals surface area contributed by atoms with Gasteiger partial charge in [0.05, 0.1) is 15.1 Å². The number of aromatic nitrogens is 1. The molecule has 10 heteroatoms. The zero-order valence-corrected chi connectivity index (χ0v) is 23.0. The summed E-state index contributed by atoms with van der Waals surface area (Å²) in [6.07, 6.45) is 0. The molecule has 0 atom stereocenters. The number of carbonyl (C=O) groups excluding carboxylic acids is 1. The Morgan fingerprint density at radius 1 is 0.971 bits per heavy atom. The van der Waals surface area contributed by atoms with Gasteiger partial charge in [0.25, 0.3) is 5.91 Å². The Bertz CT molecular complexity index is 1240. The number of thiazole rings is 1. The van der Waals surface area contributed by atoms with Crippen molar-refractivity contribution in [2.45, 2.75) is 32.6 Å². The first kappa shape index (κ1) is 28.2. The third kappa shape index (κ3) is 5.78. The van der Waals surface area contributed by atoms with Crippen molar-refractivity contribution in [2.24, 2.45) is 0 Å². The Kier molecular flexibility index (Phi) is 9.62. The molecule has 0 bridgehead atoms. The van der Waals surface area contributed by atoms with Crippen molar-refractivity contribution in [2.75, 3.05) is 45.2 Å². The third-order valence-electron chi connectivity index (χ3n) is 5.76. The molecule has 0 aliphatic heterocycles. The Hall–Kier alpha value is -2.04. The van der Waals surface area contributed by atoms with Gasteiger partial charge in [-0.1, -0.05) is 31.3 Å². The lowest BCUT2D eigenvalue weighted by atomic mass is 10.1. The second-order valence-electron chi connectivity index (χ2n) is 8.22. The van der Waals surface area contributed by atoms with Crippen molar-refractivity contribution in [3.05, 3.63) is 53.1 Å². The summed E-state index contributed by atoms with van der Waals surface area (Å²) in [6.45, 7) is 9.66. The average molecular weight is 525 g/mol. The van der Waals surface area contributed by atoms with Crippen LogP contribution >= 0.6 is 23.7 Å².